The SMILES string of the molecule is N#CC1=CN(Cc2ccccc2)C=C(C=NNC(=O)c2ccncc2)C1. The summed E-state index contributed by atoms with van der Waals surface area (Å²) in [6.45, 7) is 0.659. The Bertz CT molecular complexity index is 895. The molecule has 2 aromatic rings. The molecule has 1 aliphatic rings. The van der Waals surface area contributed by atoms with E-state index in [1.807, 2.05) is 47.6 Å². The predicted molar refractivity (Wildman–Crippen MR) is 98.6 cm³/mol. The summed E-state index contributed by atoms with van der Waals surface area (Å²) in [5.41, 5.74) is 5.60. The lowest BCUT2D eigenvalue weighted by Gasteiger charge is -2.21. The number of aromatic nitrogens is 1. The maximum Gasteiger partial charge on any atom is 0.271 e. The quantitative estimate of drug-likeness (QED) is 0.668. The molecule has 0 saturated carbocycles. The first-order chi connectivity index (χ1) is 12.7. The summed E-state index contributed by atoms with van der Waals surface area (Å²) < 4.78 is 0. The summed E-state index contributed by atoms with van der Waals surface area (Å²) in [6, 6.07) is 15.4. The van der Waals surface area contributed by atoms with E-state index in [-0.39, 0.29) is 5.91 Å². The van der Waals surface area contributed by atoms with Gasteiger partial charge in [0.25, 0.3) is 5.91 Å². The number of carbonyl (C=O) groups excluding carboxylic acids is 1. The minimum Gasteiger partial charge on any atom is -0.349 e. The number of nitriles is 1. The first kappa shape index (κ1) is 17.1. The first-order valence-electron chi connectivity index (χ1n) is 8.09. The Morgan fingerprint density at radius 2 is 2.00 bits per heavy atom. The Labute approximate surface area is 151 Å². The van der Waals surface area contributed by atoms with E-state index >= 15 is 0 Å². The highest BCUT2D eigenvalue weighted by Gasteiger charge is 2.11. The number of amides is 1. The molecular formula is C20H17N5O. The van der Waals surface area contributed by atoms with Gasteiger partial charge in [-0.1, -0.05) is 30.3 Å². The molecule has 1 aromatic carbocycles. The number of hydrazone groups is 1. The number of nitrogens with zero attached hydrogens (tertiary/aromatic N) is 4. The predicted octanol–water partition coefficient (Wildman–Crippen LogP) is 2.99. The maximum absolute atomic E-state index is 12.0. The summed E-state index contributed by atoms with van der Waals surface area (Å²) >= 11 is 0. The Balaban J connectivity index is 1.66. The summed E-state index contributed by atoms with van der Waals surface area (Å²) in [5.74, 6) is -0.308. The van der Waals surface area contributed by atoms with Crippen molar-refractivity contribution in [3.8, 4) is 6.07 Å². The smallest absolute Gasteiger partial charge is 0.271 e. The molecule has 3 rings (SSSR count). The van der Waals surface area contributed by atoms with Crippen LogP contribution in [0.3, 0.4) is 0 Å². The first-order valence-corrected chi connectivity index (χ1v) is 8.09. The van der Waals surface area contributed by atoms with Crippen molar-refractivity contribution >= 4 is 12.1 Å². The third-order valence-electron chi connectivity index (χ3n) is 3.74. The van der Waals surface area contributed by atoms with Crippen molar-refractivity contribution in [2.24, 2.45) is 5.10 Å². The van der Waals surface area contributed by atoms with Gasteiger partial charge in [-0.25, -0.2) is 5.43 Å². The van der Waals surface area contributed by atoms with Crippen LogP contribution in [0.4, 0.5) is 0 Å². The standard InChI is InChI=1S/C20H17N5O/c21-11-17-10-18(12-23-24-20(26)19-6-8-22-9-7-19)15-25(14-17)13-16-4-2-1-3-5-16/h1-9,12,14-15H,10,13H2,(H,24,26). The number of hydrogen-bond donors (Lipinski definition) is 1. The highest BCUT2D eigenvalue weighted by Crippen LogP contribution is 2.19. The second-order valence-electron chi connectivity index (χ2n) is 5.74. The molecule has 0 saturated heterocycles. The number of allylic oxidation sites excluding steroid dienone is 2. The van der Waals surface area contributed by atoms with Gasteiger partial charge in [0.05, 0.1) is 17.9 Å². The lowest BCUT2D eigenvalue weighted by molar-refractivity contribution is 0.0955. The lowest BCUT2D eigenvalue weighted by atomic mass is 10.1. The number of pyridine rings is 1. The number of nitrogens with one attached hydrogen (secondary N) is 1. The molecule has 1 aliphatic heterocycles. The Hall–Kier alpha value is -3.72. The molecule has 0 atom stereocenters. The van der Waals surface area contributed by atoms with Gasteiger partial charge in [-0.3, -0.25) is 9.78 Å². The summed E-state index contributed by atoms with van der Waals surface area (Å²) in [7, 11) is 0. The van der Waals surface area contributed by atoms with Crippen LogP contribution >= 0.6 is 0 Å². The lowest BCUT2D eigenvalue weighted by Crippen LogP contribution is -2.19. The van der Waals surface area contributed by atoms with Crippen LogP contribution in [0.1, 0.15) is 22.3 Å². The van der Waals surface area contributed by atoms with Crippen LogP contribution in [-0.2, 0) is 6.54 Å². The molecular weight excluding hydrogens is 326 g/mol. The molecule has 1 aromatic heterocycles. The average Bonchev–Trinajstić information content (AvgIpc) is 2.69. The van der Waals surface area contributed by atoms with Crippen LogP contribution in [0, 0.1) is 11.3 Å². The zero-order chi connectivity index (χ0) is 18.2. The van der Waals surface area contributed by atoms with E-state index in [4.69, 9.17) is 0 Å². The van der Waals surface area contributed by atoms with Crippen molar-refractivity contribution in [2.75, 3.05) is 0 Å². The van der Waals surface area contributed by atoms with Gasteiger partial charge in [-0.2, -0.15) is 10.4 Å². The van der Waals surface area contributed by atoms with E-state index < -0.39 is 0 Å². The Morgan fingerprint density at radius 1 is 1.23 bits per heavy atom. The summed E-state index contributed by atoms with van der Waals surface area (Å²) in [4.78, 5) is 17.8. The molecule has 0 spiro atoms. The molecule has 1 amide bonds. The molecule has 6 nitrogen and oxygen atoms in total. The summed E-state index contributed by atoms with van der Waals surface area (Å²) in [5, 5.41) is 13.3. The molecule has 128 valence electrons. The van der Waals surface area contributed by atoms with Gasteiger partial charge in [0.2, 0.25) is 0 Å². The van der Waals surface area contributed by atoms with Crippen LogP contribution < -0.4 is 5.43 Å². The average molecular weight is 343 g/mol. The van der Waals surface area contributed by atoms with Crippen molar-refractivity contribution < 1.29 is 4.79 Å². The van der Waals surface area contributed by atoms with Crippen LogP contribution in [0.2, 0.25) is 0 Å². The fraction of sp³-hybridized carbons (Fsp3) is 0.100. The number of carbonyl (C=O) groups is 1. The van der Waals surface area contributed by atoms with Gasteiger partial charge in [-0.05, 0) is 23.3 Å². The molecule has 0 radical (unpaired) electrons. The van der Waals surface area contributed by atoms with Gasteiger partial charge in [-0.15, -0.1) is 0 Å². The third kappa shape index (κ3) is 4.65. The second-order valence-corrected chi connectivity index (χ2v) is 5.74. The minimum absolute atomic E-state index is 0.308. The van der Waals surface area contributed by atoms with E-state index in [9.17, 15) is 10.1 Å². The number of hydrogen-bond acceptors (Lipinski definition) is 5. The maximum atomic E-state index is 12.0. The Kier molecular flexibility index (Phi) is 5.53. The molecule has 0 fully saturated rings. The molecule has 1 N–H and O–H groups in total. The fourth-order valence-electron chi connectivity index (χ4n) is 2.54. The van der Waals surface area contributed by atoms with Crippen LogP contribution in [0.5, 0.6) is 0 Å². The highest BCUT2D eigenvalue weighted by molar-refractivity contribution is 5.94. The number of benzene rings is 1. The van der Waals surface area contributed by atoms with E-state index in [0.717, 1.165) is 11.1 Å². The van der Waals surface area contributed by atoms with Gasteiger partial charge in [0, 0.05) is 43.3 Å². The van der Waals surface area contributed by atoms with E-state index in [1.54, 1.807) is 30.7 Å². The third-order valence-corrected chi connectivity index (χ3v) is 3.74. The van der Waals surface area contributed by atoms with Crippen LogP contribution in [0.25, 0.3) is 0 Å². The highest BCUT2D eigenvalue weighted by atomic mass is 16.2. The zero-order valence-corrected chi connectivity index (χ0v) is 14.0. The van der Waals surface area contributed by atoms with Crippen molar-refractivity contribution in [2.45, 2.75) is 13.0 Å². The normalized spacial score (nSPS) is 13.7. The van der Waals surface area contributed by atoms with E-state index in [2.05, 4.69) is 21.6 Å². The van der Waals surface area contributed by atoms with E-state index in [1.165, 1.54) is 0 Å². The molecule has 0 aliphatic carbocycles. The number of rotatable bonds is 5. The monoisotopic (exact) mass is 343 g/mol. The fourth-order valence-corrected chi connectivity index (χ4v) is 2.54. The summed E-state index contributed by atoms with van der Waals surface area (Å²) in [6.07, 6.45) is 8.91. The van der Waals surface area contributed by atoms with Crippen molar-refractivity contribution in [3.05, 3.63) is 89.5 Å². The van der Waals surface area contributed by atoms with Crippen LogP contribution in [0.15, 0.2) is 83.5 Å². The van der Waals surface area contributed by atoms with Gasteiger partial charge >= 0.3 is 0 Å². The topological polar surface area (TPSA) is 81.4 Å². The molecule has 2 heterocycles. The van der Waals surface area contributed by atoms with Gasteiger partial charge < -0.3 is 4.90 Å². The molecule has 0 unspecified atom stereocenters. The van der Waals surface area contributed by atoms with Crippen LogP contribution in [-0.4, -0.2) is 22.0 Å². The zero-order valence-electron chi connectivity index (χ0n) is 14.0. The van der Waals surface area contributed by atoms with Crippen molar-refractivity contribution in [3.63, 3.8) is 0 Å². The molecule has 0 bridgehead atoms. The van der Waals surface area contributed by atoms with E-state index in [0.29, 0.717) is 24.1 Å². The van der Waals surface area contributed by atoms with Crippen molar-refractivity contribution in [1.29, 1.82) is 5.26 Å². The second kappa shape index (κ2) is 8.40. The molecule has 6 heteroatoms. The minimum atomic E-state index is -0.308. The largest absolute Gasteiger partial charge is 0.349 e. The molecule has 26 heavy (non-hydrogen) atoms. The Morgan fingerprint density at radius 3 is 2.73 bits per heavy atom. The van der Waals surface area contributed by atoms with Gasteiger partial charge in [0.1, 0.15) is 0 Å². The van der Waals surface area contributed by atoms with Gasteiger partial charge in [0.15, 0.2) is 0 Å². The van der Waals surface area contributed by atoms with Crippen molar-refractivity contribution in [1.82, 2.24) is 15.3 Å².